The molecule has 3 N–H and O–H groups in total. The molecule has 8 rings (SSSR count). The summed E-state index contributed by atoms with van der Waals surface area (Å²) in [5, 5.41) is 15.7. The van der Waals surface area contributed by atoms with E-state index in [0.29, 0.717) is 50.9 Å². The molecule has 4 amide bonds. The Balaban J connectivity index is 0.000000189. The van der Waals surface area contributed by atoms with Crippen LogP contribution in [0, 0.1) is 11.8 Å². The highest BCUT2D eigenvalue weighted by Gasteiger charge is 2.46. The molecule has 2 aromatic rings. The number of esters is 1. The number of ether oxygens (including phenoxy) is 5. The second-order valence-electron chi connectivity index (χ2n) is 17.6. The number of aliphatic carboxylic acids is 1. The SMILES string of the molecule is COC(=O)[C@@H]1C[C@@H]2CN1C(=O)[C@H](C1CCCCC1)NC(=O)Cc1cccc(c1)OCCO2.O=C1Cc2cccc(c2)OCCO[C@@H]2C[C@@H](C(=O)O)N(C2)C(=O)[C@H](C2CCCCC2)N1. The van der Waals surface area contributed by atoms with Gasteiger partial charge >= 0.3 is 11.9 Å². The van der Waals surface area contributed by atoms with E-state index in [1.165, 1.54) is 12.0 Å². The maximum atomic E-state index is 13.7. The van der Waals surface area contributed by atoms with Crippen molar-refractivity contribution in [1.82, 2.24) is 20.4 Å². The number of nitrogens with one attached hydrogen (secondary N) is 2. The van der Waals surface area contributed by atoms with Crippen molar-refractivity contribution in [2.24, 2.45) is 11.8 Å². The molecule has 2 saturated carbocycles. The monoisotopic (exact) mass is 874 g/mol. The molecule has 0 unspecified atom stereocenters. The number of carbonyl (C=O) groups excluding carboxylic acids is 5. The Kier molecular flexibility index (Phi) is 15.9. The fraction of sp³-hybridized carbons (Fsp3) is 0.617. The number of hydrogen-bond acceptors (Lipinski definition) is 11. The molecule has 342 valence electrons. The molecule has 63 heavy (non-hydrogen) atoms. The van der Waals surface area contributed by atoms with Crippen molar-refractivity contribution in [2.45, 2.75) is 126 Å². The first-order valence-electron chi connectivity index (χ1n) is 22.7. The number of hydrogen-bond donors (Lipinski definition) is 3. The second-order valence-corrected chi connectivity index (χ2v) is 17.6. The number of rotatable bonds is 4. The minimum absolute atomic E-state index is 0.0185. The van der Waals surface area contributed by atoms with Crippen LogP contribution in [-0.4, -0.2) is 133 Å². The van der Waals surface area contributed by atoms with Gasteiger partial charge in [-0.2, -0.15) is 0 Å². The summed E-state index contributed by atoms with van der Waals surface area (Å²) in [7, 11) is 1.33. The van der Waals surface area contributed by atoms with Crippen LogP contribution >= 0.6 is 0 Å². The van der Waals surface area contributed by atoms with E-state index in [0.717, 1.165) is 75.3 Å². The molecule has 2 aromatic carbocycles. The number of carboxylic acids is 1. The molecule has 6 atom stereocenters. The van der Waals surface area contributed by atoms with Crippen LogP contribution in [0.2, 0.25) is 0 Å². The molecule has 4 heterocycles. The molecule has 4 aliphatic heterocycles. The average Bonchev–Trinajstić information content (AvgIpc) is 3.93. The summed E-state index contributed by atoms with van der Waals surface area (Å²) >= 11 is 0. The van der Waals surface area contributed by atoms with Gasteiger partial charge in [0, 0.05) is 25.9 Å². The second kappa shape index (κ2) is 21.9. The van der Waals surface area contributed by atoms with Gasteiger partial charge in [0.15, 0.2) is 0 Å². The van der Waals surface area contributed by atoms with Gasteiger partial charge < -0.3 is 49.2 Å². The largest absolute Gasteiger partial charge is 0.491 e. The van der Waals surface area contributed by atoms with Gasteiger partial charge in [0.1, 0.15) is 48.9 Å². The highest BCUT2D eigenvalue weighted by Crippen LogP contribution is 2.32. The fourth-order valence-electron chi connectivity index (χ4n) is 10.0. The maximum Gasteiger partial charge on any atom is 0.328 e. The van der Waals surface area contributed by atoms with Crippen molar-refractivity contribution in [3.8, 4) is 11.5 Å². The predicted molar refractivity (Wildman–Crippen MR) is 228 cm³/mol. The van der Waals surface area contributed by atoms with E-state index in [4.69, 9.17) is 23.7 Å². The molecule has 0 radical (unpaired) electrons. The number of carbonyl (C=O) groups is 6. The topological polar surface area (TPSA) is 199 Å². The molecule has 2 saturated heterocycles. The highest BCUT2D eigenvalue weighted by atomic mass is 16.5. The zero-order valence-electron chi connectivity index (χ0n) is 36.2. The molecule has 8 bridgehead atoms. The van der Waals surface area contributed by atoms with E-state index >= 15 is 0 Å². The Morgan fingerprint density at radius 3 is 1.52 bits per heavy atom. The standard InChI is InChI=1S/C24H32N2O6.C23H30N2O6/c1-30-24(29)20-14-19-15-26(20)23(28)22(17-7-3-2-4-8-17)25-21(27)13-16-6-5-9-18(12-16)31-10-11-32-19;26-20-12-15-5-4-8-17(11-15)30-9-10-31-18-13-19(23(28)29)25(14-18)22(27)21(24-20)16-6-2-1-3-7-16/h5-6,9,12,17,19-20,22H,2-4,7-8,10-11,13-15H2,1H3,(H,25,27);4-5,8,11,16,18-19,21H,1-3,6-7,9-10,12-14H2,(H,24,26)(H,28,29)/t19-,20+,22+;18-,19+,21+/m11/s1. The third kappa shape index (κ3) is 12.1. The molecule has 0 spiro atoms. The van der Waals surface area contributed by atoms with Crippen molar-refractivity contribution in [1.29, 1.82) is 0 Å². The Labute approximate surface area is 368 Å². The lowest BCUT2D eigenvalue weighted by molar-refractivity contribution is -0.152. The smallest absolute Gasteiger partial charge is 0.328 e. The van der Waals surface area contributed by atoms with Gasteiger partial charge in [-0.25, -0.2) is 9.59 Å². The van der Waals surface area contributed by atoms with Gasteiger partial charge in [0.25, 0.3) is 0 Å². The zero-order valence-corrected chi connectivity index (χ0v) is 36.2. The Morgan fingerprint density at radius 2 is 1.08 bits per heavy atom. The lowest BCUT2D eigenvalue weighted by atomic mass is 9.83. The first-order chi connectivity index (χ1) is 30.6. The molecule has 16 nitrogen and oxygen atoms in total. The van der Waals surface area contributed by atoms with Crippen LogP contribution in [0.1, 0.15) is 88.2 Å². The molecule has 0 aromatic heterocycles. The van der Waals surface area contributed by atoms with Gasteiger partial charge in [0.05, 0.1) is 45.4 Å². The quantitative estimate of drug-likeness (QED) is 0.378. The summed E-state index contributed by atoms with van der Waals surface area (Å²) in [6.45, 7) is 1.80. The van der Waals surface area contributed by atoms with Crippen LogP contribution < -0.4 is 20.1 Å². The van der Waals surface area contributed by atoms with Crippen LogP contribution in [0.15, 0.2) is 48.5 Å². The normalized spacial score (nSPS) is 28.0. The number of amides is 4. The van der Waals surface area contributed by atoms with Crippen LogP contribution in [0.5, 0.6) is 11.5 Å². The van der Waals surface area contributed by atoms with E-state index in [9.17, 15) is 33.9 Å². The van der Waals surface area contributed by atoms with Crippen molar-refractivity contribution >= 4 is 35.6 Å². The number of methoxy groups -OCH3 is 1. The molecule has 4 fully saturated rings. The van der Waals surface area contributed by atoms with E-state index in [2.05, 4.69) is 10.6 Å². The number of fused-ring (bicyclic) bond motifs is 8. The van der Waals surface area contributed by atoms with E-state index in [1.807, 2.05) is 48.5 Å². The Hall–Kier alpha value is -5.22. The molecule has 6 aliphatic rings. The number of nitrogens with zero attached hydrogens (tertiary/aromatic N) is 2. The number of carboxylic acid groups (broad SMARTS) is 1. The van der Waals surface area contributed by atoms with Crippen molar-refractivity contribution in [3.05, 3.63) is 59.7 Å². The summed E-state index contributed by atoms with van der Waals surface area (Å²) in [6.07, 6.45) is 10.1. The summed E-state index contributed by atoms with van der Waals surface area (Å²) in [5.41, 5.74) is 1.62. The lowest BCUT2D eigenvalue weighted by Crippen LogP contribution is -2.55. The lowest BCUT2D eigenvalue weighted by Gasteiger charge is -2.34. The summed E-state index contributed by atoms with van der Waals surface area (Å²) in [6, 6.07) is 11.7. The predicted octanol–water partition coefficient (Wildman–Crippen LogP) is 3.60. The van der Waals surface area contributed by atoms with Gasteiger partial charge in [-0.3, -0.25) is 19.2 Å². The van der Waals surface area contributed by atoms with Crippen LogP contribution in [0.4, 0.5) is 0 Å². The zero-order chi connectivity index (χ0) is 44.3. The molecular formula is C47H62N4O12. The molecule has 2 aliphatic carbocycles. The Bertz CT molecular complexity index is 1930. The van der Waals surface area contributed by atoms with Crippen LogP contribution in [-0.2, 0) is 55.8 Å². The first-order valence-corrected chi connectivity index (χ1v) is 22.7. The van der Waals surface area contributed by atoms with E-state index in [1.54, 1.807) is 4.90 Å². The third-order valence-corrected chi connectivity index (χ3v) is 13.2. The minimum Gasteiger partial charge on any atom is -0.491 e. The van der Waals surface area contributed by atoms with Crippen molar-refractivity contribution < 1.29 is 57.6 Å². The maximum absolute atomic E-state index is 13.7. The van der Waals surface area contributed by atoms with Crippen LogP contribution in [0.3, 0.4) is 0 Å². The highest BCUT2D eigenvalue weighted by molar-refractivity contribution is 5.93. The third-order valence-electron chi connectivity index (χ3n) is 13.2. The number of benzene rings is 2. The molecular weight excluding hydrogens is 813 g/mol. The summed E-state index contributed by atoms with van der Waals surface area (Å²) in [4.78, 5) is 80.4. The van der Waals surface area contributed by atoms with Gasteiger partial charge in [0.2, 0.25) is 23.6 Å². The summed E-state index contributed by atoms with van der Waals surface area (Å²) in [5.74, 6) is -1.06. The molecule has 16 heteroatoms. The van der Waals surface area contributed by atoms with E-state index in [-0.39, 0.29) is 73.5 Å². The van der Waals surface area contributed by atoms with Crippen LogP contribution in [0.25, 0.3) is 0 Å². The van der Waals surface area contributed by atoms with E-state index < -0.39 is 36.1 Å². The summed E-state index contributed by atoms with van der Waals surface area (Å²) < 4.78 is 28.2. The van der Waals surface area contributed by atoms with Gasteiger partial charge in [-0.05, 0) is 72.9 Å². The van der Waals surface area contributed by atoms with Crippen molar-refractivity contribution in [3.63, 3.8) is 0 Å². The first kappa shape index (κ1) is 45.8. The van der Waals surface area contributed by atoms with Gasteiger partial charge in [-0.15, -0.1) is 0 Å². The Morgan fingerprint density at radius 1 is 0.635 bits per heavy atom. The average molecular weight is 875 g/mol. The van der Waals surface area contributed by atoms with Crippen molar-refractivity contribution in [2.75, 3.05) is 46.6 Å². The minimum atomic E-state index is -1.04. The van der Waals surface area contributed by atoms with Gasteiger partial charge in [-0.1, -0.05) is 62.8 Å². The fourth-order valence-corrected chi connectivity index (χ4v) is 10.0.